The van der Waals surface area contributed by atoms with Crippen molar-refractivity contribution in [2.75, 3.05) is 5.32 Å². The number of aryl methyl sites for hydroxylation is 1. The summed E-state index contributed by atoms with van der Waals surface area (Å²) in [6.07, 6.45) is 3.08. The zero-order chi connectivity index (χ0) is 19.5. The van der Waals surface area contributed by atoms with E-state index in [4.69, 9.17) is 5.10 Å². The van der Waals surface area contributed by atoms with Crippen molar-refractivity contribution in [2.24, 2.45) is 0 Å². The van der Waals surface area contributed by atoms with Crippen LogP contribution in [-0.4, -0.2) is 21.6 Å². The maximum Gasteiger partial charge on any atom is 0.227 e. The number of hydrogen-bond donors (Lipinski definition) is 2. The van der Waals surface area contributed by atoms with Gasteiger partial charge in [0.25, 0.3) is 0 Å². The van der Waals surface area contributed by atoms with E-state index in [1.54, 1.807) is 0 Å². The Morgan fingerprint density at radius 2 is 2.00 bits per heavy atom. The Bertz CT molecular complexity index is 980. The number of fused-ring (bicyclic) bond motifs is 1. The second-order valence-corrected chi connectivity index (χ2v) is 7.87. The second-order valence-electron chi connectivity index (χ2n) is 6.90. The molecule has 0 radical (unpaired) electrons. The van der Waals surface area contributed by atoms with E-state index in [1.807, 2.05) is 52.5 Å². The molecule has 2 amide bonds. The summed E-state index contributed by atoms with van der Waals surface area (Å²) in [6.45, 7) is 1.47. The van der Waals surface area contributed by atoms with E-state index < -0.39 is 0 Å². The van der Waals surface area contributed by atoms with Crippen LogP contribution in [0.4, 0.5) is 5.82 Å². The molecule has 2 N–H and O–H groups in total. The molecule has 144 valence electrons. The maximum absolute atomic E-state index is 12.9. The van der Waals surface area contributed by atoms with Crippen LogP contribution < -0.4 is 10.6 Å². The highest BCUT2D eigenvalue weighted by Crippen LogP contribution is 2.31. The fourth-order valence-corrected chi connectivity index (χ4v) is 4.38. The standard InChI is InChI=1S/C21H22N4O2S/c1-14(26)22-18(19-11-6-12-28-19)13-20(27)23-21-16-9-5-10-17(16)24-25(21)15-7-3-2-4-8-15/h2-4,6-8,11-12,18H,5,9-10,13H2,1H3,(H,22,26)(H,23,27)/t18-/m1/s1. The molecule has 1 aliphatic carbocycles. The molecule has 1 aliphatic rings. The van der Waals surface area contributed by atoms with Gasteiger partial charge in [-0.25, -0.2) is 4.68 Å². The van der Waals surface area contributed by atoms with E-state index in [0.717, 1.165) is 46.9 Å². The first kappa shape index (κ1) is 18.4. The summed E-state index contributed by atoms with van der Waals surface area (Å²) >= 11 is 1.53. The summed E-state index contributed by atoms with van der Waals surface area (Å²) in [5.74, 6) is 0.455. The molecule has 0 spiro atoms. The SMILES string of the molecule is CC(=O)N[C@H](CC(=O)Nc1c2c(nn1-c1ccccc1)CCC2)c1cccs1. The van der Waals surface area contributed by atoms with Crippen molar-refractivity contribution in [3.05, 3.63) is 64.0 Å². The molecule has 4 rings (SSSR count). The van der Waals surface area contributed by atoms with Gasteiger partial charge >= 0.3 is 0 Å². The third-order valence-electron chi connectivity index (χ3n) is 4.82. The number of hydrogen-bond acceptors (Lipinski definition) is 4. The van der Waals surface area contributed by atoms with Crippen molar-refractivity contribution < 1.29 is 9.59 Å². The van der Waals surface area contributed by atoms with Crippen molar-refractivity contribution >= 4 is 29.0 Å². The van der Waals surface area contributed by atoms with Gasteiger partial charge in [-0.15, -0.1) is 11.3 Å². The van der Waals surface area contributed by atoms with Crippen LogP contribution in [0.25, 0.3) is 5.69 Å². The van der Waals surface area contributed by atoms with Crippen LogP contribution in [0.5, 0.6) is 0 Å². The highest BCUT2D eigenvalue weighted by atomic mass is 32.1. The van der Waals surface area contributed by atoms with Gasteiger partial charge in [-0.1, -0.05) is 24.3 Å². The van der Waals surface area contributed by atoms with Gasteiger partial charge in [0.05, 0.1) is 23.8 Å². The molecule has 7 heteroatoms. The van der Waals surface area contributed by atoms with Gasteiger partial charge in [0, 0.05) is 17.4 Å². The van der Waals surface area contributed by atoms with Crippen LogP contribution in [0, 0.1) is 0 Å². The third kappa shape index (κ3) is 3.84. The van der Waals surface area contributed by atoms with Gasteiger partial charge in [-0.2, -0.15) is 5.10 Å². The molecule has 2 aromatic heterocycles. The zero-order valence-electron chi connectivity index (χ0n) is 15.6. The molecule has 6 nitrogen and oxygen atoms in total. The average molecular weight is 395 g/mol. The van der Waals surface area contributed by atoms with Crippen LogP contribution in [0.3, 0.4) is 0 Å². The van der Waals surface area contributed by atoms with Gasteiger partial charge < -0.3 is 10.6 Å². The Morgan fingerprint density at radius 3 is 2.71 bits per heavy atom. The molecular formula is C21H22N4O2S. The van der Waals surface area contributed by atoms with Crippen LogP contribution in [0.15, 0.2) is 47.8 Å². The Kier molecular flexibility index (Phi) is 5.25. The Balaban J connectivity index is 1.58. The first-order chi connectivity index (χ1) is 13.6. The molecule has 3 aromatic rings. The summed E-state index contributed by atoms with van der Waals surface area (Å²) in [5.41, 5.74) is 3.09. The number of nitrogens with one attached hydrogen (secondary N) is 2. The van der Waals surface area contributed by atoms with Crippen molar-refractivity contribution in [1.82, 2.24) is 15.1 Å². The highest BCUT2D eigenvalue weighted by molar-refractivity contribution is 7.10. The predicted molar refractivity (Wildman–Crippen MR) is 110 cm³/mol. The quantitative estimate of drug-likeness (QED) is 0.670. The Morgan fingerprint density at radius 1 is 1.18 bits per heavy atom. The van der Waals surface area contributed by atoms with E-state index in [0.29, 0.717) is 0 Å². The number of aromatic nitrogens is 2. The third-order valence-corrected chi connectivity index (χ3v) is 5.81. The van der Waals surface area contributed by atoms with Crippen molar-refractivity contribution in [3.63, 3.8) is 0 Å². The predicted octanol–water partition coefficient (Wildman–Crippen LogP) is 3.63. The summed E-state index contributed by atoms with van der Waals surface area (Å²) in [4.78, 5) is 25.4. The number of carbonyl (C=O) groups is 2. The van der Waals surface area contributed by atoms with Crippen molar-refractivity contribution in [1.29, 1.82) is 0 Å². The number of para-hydroxylation sites is 1. The molecule has 0 saturated carbocycles. The summed E-state index contributed by atoms with van der Waals surface area (Å²) in [5, 5.41) is 12.6. The minimum atomic E-state index is -0.335. The Hall–Kier alpha value is -2.93. The Labute approximate surface area is 167 Å². The monoisotopic (exact) mass is 394 g/mol. The van der Waals surface area contributed by atoms with Gasteiger partial charge in [-0.05, 0) is 42.8 Å². The van der Waals surface area contributed by atoms with E-state index in [9.17, 15) is 9.59 Å². The second kappa shape index (κ2) is 7.98. The smallest absolute Gasteiger partial charge is 0.227 e. The van der Waals surface area contributed by atoms with Crippen LogP contribution in [-0.2, 0) is 22.4 Å². The number of carbonyl (C=O) groups excluding carboxylic acids is 2. The number of thiophene rings is 1. The number of amides is 2. The number of anilines is 1. The summed E-state index contributed by atoms with van der Waals surface area (Å²) < 4.78 is 1.82. The lowest BCUT2D eigenvalue weighted by molar-refractivity contribution is -0.120. The molecule has 0 saturated heterocycles. The molecule has 1 aromatic carbocycles. The van der Waals surface area contributed by atoms with Gasteiger partial charge in [0.1, 0.15) is 5.82 Å². The van der Waals surface area contributed by atoms with Gasteiger partial charge in [-0.3, -0.25) is 9.59 Å². The number of nitrogens with zero attached hydrogens (tertiary/aromatic N) is 2. The van der Waals surface area contributed by atoms with Crippen molar-refractivity contribution in [2.45, 2.75) is 38.6 Å². The first-order valence-corrected chi connectivity index (χ1v) is 10.3. The number of benzene rings is 1. The highest BCUT2D eigenvalue weighted by Gasteiger charge is 2.25. The lowest BCUT2D eigenvalue weighted by Gasteiger charge is -2.17. The lowest BCUT2D eigenvalue weighted by Crippen LogP contribution is -2.29. The van der Waals surface area contributed by atoms with Crippen LogP contribution >= 0.6 is 11.3 Å². The fraction of sp³-hybridized carbons (Fsp3) is 0.286. The molecule has 0 unspecified atom stereocenters. The van der Waals surface area contributed by atoms with E-state index in [2.05, 4.69) is 10.6 Å². The number of rotatable bonds is 6. The molecule has 0 aliphatic heterocycles. The molecule has 2 heterocycles. The van der Waals surface area contributed by atoms with Crippen molar-refractivity contribution in [3.8, 4) is 5.69 Å². The average Bonchev–Trinajstić information content (AvgIpc) is 3.40. The van der Waals surface area contributed by atoms with E-state index in [1.165, 1.54) is 18.3 Å². The fourth-order valence-electron chi connectivity index (χ4n) is 3.60. The molecule has 0 fully saturated rings. The van der Waals surface area contributed by atoms with Gasteiger partial charge in [0.15, 0.2) is 0 Å². The summed E-state index contributed by atoms with van der Waals surface area (Å²) in [7, 11) is 0. The van der Waals surface area contributed by atoms with Crippen LogP contribution in [0.2, 0.25) is 0 Å². The topological polar surface area (TPSA) is 76.0 Å². The molecule has 28 heavy (non-hydrogen) atoms. The maximum atomic E-state index is 12.9. The summed E-state index contributed by atoms with van der Waals surface area (Å²) in [6, 6.07) is 13.3. The zero-order valence-corrected chi connectivity index (χ0v) is 16.5. The van der Waals surface area contributed by atoms with E-state index in [-0.39, 0.29) is 24.3 Å². The first-order valence-electron chi connectivity index (χ1n) is 9.38. The van der Waals surface area contributed by atoms with Gasteiger partial charge in [0.2, 0.25) is 11.8 Å². The minimum Gasteiger partial charge on any atom is -0.348 e. The molecule has 0 bridgehead atoms. The normalized spacial score (nSPS) is 13.8. The van der Waals surface area contributed by atoms with Crippen LogP contribution in [0.1, 0.15) is 41.9 Å². The molecular weight excluding hydrogens is 372 g/mol. The largest absolute Gasteiger partial charge is 0.348 e. The van der Waals surface area contributed by atoms with E-state index >= 15 is 0 Å². The lowest BCUT2D eigenvalue weighted by atomic mass is 10.1. The molecule has 1 atom stereocenters. The minimum absolute atomic E-state index is 0.140.